The highest BCUT2D eigenvalue weighted by Gasteiger charge is 2.12. The first-order chi connectivity index (χ1) is 11.1. The molecule has 0 bridgehead atoms. The number of benzene rings is 2. The average Bonchev–Trinajstić information content (AvgIpc) is 2.56. The number of carbonyl (C=O) groups is 2. The summed E-state index contributed by atoms with van der Waals surface area (Å²) >= 11 is 1.08. The van der Waals surface area contributed by atoms with Crippen LogP contribution in [0.4, 0.5) is 15.3 Å². The molecule has 0 atom stereocenters. The van der Waals surface area contributed by atoms with Gasteiger partial charge in [0.15, 0.2) is 0 Å². The van der Waals surface area contributed by atoms with E-state index in [1.165, 1.54) is 4.90 Å². The van der Waals surface area contributed by atoms with E-state index in [0.29, 0.717) is 18.0 Å². The van der Waals surface area contributed by atoms with Crippen molar-refractivity contribution in [2.24, 2.45) is 0 Å². The third-order valence-corrected chi connectivity index (χ3v) is 3.52. The number of anilines is 1. The van der Waals surface area contributed by atoms with Gasteiger partial charge in [0.2, 0.25) is 0 Å². The van der Waals surface area contributed by atoms with Crippen molar-refractivity contribution in [3.05, 3.63) is 60.2 Å². The van der Waals surface area contributed by atoms with Crippen molar-refractivity contribution in [3.8, 4) is 5.75 Å². The van der Waals surface area contributed by atoms with Crippen LogP contribution in [0, 0.1) is 0 Å². The van der Waals surface area contributed by atoms with Gasteiger partial charge in [0.05, 0.1) is 0 Å². The van der Waals surface area contributed by atoms with Gasteiger partial charge in [0, 0.05) is 25.3 Å². The molecule has 1 N–H and O–H groups in total. The number of amides is 2. The zero-order valence-corrected chi connectivity index (χ0v) is 13.8. The largest absolute Gasteiger partial charge is 0.415 e. The lowest BCUT2D eigenvalue weighted by Gasteiger charge is -2.17. The summed E-state index contributed by atoms with van der Waals surface area (Å²) in [5.74, 6) is 0.383. The van der Waals surface area contributed by atoms with Crippen LogP contribution in [0.15, 0.2) is 54.6 Å². The molecule has 0 saturated carbocycles. The molecule has 0 heterocycles. The van der Waals surface area contributed by atoms with Gasteiger partial charge in [-0.1, -0.05) is 48.2 Å². The maximum Gasteiger partial charge on any atom is 0.415 e. The summed E-state index contributed by atoms with van der Waals surface area (Å²) in [6, 6.07) is 16.4. The van der Waals surface area contributed by atoms with E-state index in [0.717, 1.165) is 17.3 Å². The third-order valence-electron chi connectivity index (χ3n) is 3.05. The Kier molecular flexibility index (Phi) is 6.05. The van der Waals surface area contributed by atoms with E-state index in [1.807, 2.05) is 30.3 Å². The van der Waals surface area contributed by atoms with E-state index in [-0.39, 0.29) is 5.24 Å². The Hall–Kier alpha value is -2.47. The Bertz CT molecular complexity index is 677. The Morgan fingerprint density at radius 2 is 1.87 bits per heavy atom. The molecule has 0 saturated heterocycles. The molecule has 0 aliphatic rings. The van der Waals surface area contributed by atoms with Gasteiger partial charge in [-0.25, -0.2) is 4.79 Å². The molecule has 2 aromatic carbocycles. The third kappa shape index (κ3) is 5.34. The highest BCUT2D eigenvalue weighted by molar-refractivity contribution is 8.13. The second kappa shape index (κ2) is 8.24. The quantitative estimate of drug-likeness (QED) is 0.912. The normalized spacial score (nSPS) is 10.0. The first-order valence-corrected chi connectivity index (χ1v) is 8.23. The maximum absolute atomic E-state index is 12.1. The van der Waals surface area contributed by atoms with Crippen molar-refractivity contribution < 1.29 is 14.3 Å². The van der Waals surface area contributed by atoms with Crippen LogP contribution in [-0.4, -0.2) is 29.5 Å². The number of rotatable bonds is 4. The van der Waals surface area contributed by atoms with Crippen molar-refractivity contribution in [2.75, 3.05) is 18.6 Å². The molecule has 2 rings (SSSR count). The number of thioether (sulfide) groups is 1. The van der Waals surface area contributed by atoms with Crippen LogP contribution in [-0.2, 0) is 6.54 Å². The minimum Gasteiger partial charge on any atom is -0.410 e. The molecule has 2 aromatic rings. The van der Waals surface area contributed by atoms with Crippen molar-refractivity contribution in [1.82, 2.24) is 4.90 Å². The van der Waals surface area contributed by atoms with Crippen LogP contribution in [0.5, 0.6) is 5.75 Å². The van der Waals surface area contributed by atoms with Gasteiger partial charge >= 0.3 is 6.09 Å². The van der Waals surface area contributed by atoms with E-state index in [2.05, 4.69) is 5.32 Å². The Morgan fingerprint density at radius 1 is 1.13 bits per heavy atom. The fraction of sp³-hybridized carbons (Fsp3) is 0.176. The Morgan fingerprint density at radius 3 is 2.57 bits per heavy atom. The highest BCUT2D eigenvalue weighted by atomic mass is 32.2. The second-order valence-corrected chi connectivity index (χ2v) is 5.63. The number of ether oxygens (including phenoxy) is 1. The molecule has 23 heavy (non-hydrogen) atoms. The summed E-state index contributed by atoms with van der Waals surface area (Å²) < 4.78 is 5.33. The van der Waals surface area contributed by atoms with Gasteiger partial charge in [-0.05, 0) is 24.0 Å². The zero-order chi connectivity index (χ0) is 16.7. The molecule has 0 radical (unpaired) electrons. The molecule has 6 heteroatoms. The lowest BCUT2D eigenvalue weighted by molar-refractivity contribution is 0.161. The van der Waals surface area contributed by atoms with E-state index in [9.17, 15) is 9.59 Å². The number of carbonyl (C=O) groups excluding carboxylic acids is 2. The molecule has 5 nitrogen and oxygen atoms in total. The van der Waals surface area contributed by atoms with E-state index >= 15 is 0 Å². The molecular formula is C17H18N2O3S. The topological polar surface area (TPSA) is 58.6 Å². The van der Waals surface area contributed by atoms with Crippen molar-refractivity contribution >= 4 is 28.8 Å². The summed E-state index contributed by atoms with van der Waals surface area (Å²) in [7, 11) is 1.68. The summed E-state index contributed by atoms with van der Waals surface area (Å²) in [5.41, 5.74) is 1.60. The van der Waals surface area contributed by atoms with E-state index < -0.39 is 6.09 Å². The first kappa shape index (κ1) is 16.9. The molecule has 0 aromatic heterocycles. The monoisotopic (exact) mass is 330 g/mol. The predicted molar refractivity (Wildman–Crippen MR) is 92.9 cm³/mol. The summed E-state index contributed by atoms with van der Waals surface area (Å²) in [6.45, 7) is 0.461. The average molecular weight is 330 g/mol. The number of hydrogen-bond donors (Lipinski definition) is 1. The van der Waals surface area contributed by atoms with Crippen LogP contribution >= 0.6 is 11.8 Å². The van der Waals surface area contributed by atoms with Crippen LogP contribution in [0.2, 0.25) is 0 Å². The van der Waals surface area contributed by atoms with Gasteiger partial charge in [-0.3, -0.25) is 4.79 Å². The number of hydrogen-bond acceptors (Lipinski definition) is 4. The molecule has 0 aliphatic heterocycles. The molecule has 120 valence electrons. The van der Waals surface area contributed by atoms with Crippen molar-refractivity contribution in [3.63, 3.8) is 0 Å². The fourth-order valence-corrected chi connectivity index (χ4v) is 2.13. The Balaban J connectivity index is 1.96. The van der Waals surface area contributed by atoms with Gasteiger partial charge in [-0.15, -0.1) is 0 Å². The molecule has 0 fully saturated rings. The second-order valence-electron chi connectivity index (χ2n) is 4.85. The van der Waals surface area contributed by atoms with E-state index in [1.54, 1.807) is 37.6 Å². The zero-order valence-electron chi connectivity index (χ0n) is 13.0. The number of nitrogens with one attached hydrogen (secondary N) is 1. The smallest absolute Gasteiger partial charge is 0.410 e. The van der Waals surface area contributed by atoms with Gasteiger partial charge in [0.25, 0.3) is 5.24 Å². The molecule has 0 aliphatic carbocycles. The molecular weight excluding hydrogens is 312 g/mol. The molecule has 0 spiro atoms. The maximum atomic E-state index is 12.1. The van der Waals surface area contributed by atoms with Crippen LogP contribution in [0.3, 0.4) is 0 Å². The molecule has 0 unspecified atom stereocenters. The van der Waals surface area contributed by atoms with Crippen LogP contribution in [0.25, 0.3) is 0 Å². The highest BCUT2D eigenvalue weighted by Crippen LogP contribution is 2.19. The number of nitrogens with zero attached hydrogens (tertiary/aromatic N) is 1. The minimum atomic E-state index is -0.456. The van der Waals surface area contributed by atoms with Crippen LogP contribution < -0.4 is 10.1 Å². The lowest BCUT2D eigenvalue weighted by Crippen LogP contribution is -2.29. The first-order valence-electron chi connectivity index (χ1n) is 7.00. The SMILES string of the molecule is CSC(=O)Nc1cccc(OC(=O)N(C)Cc2ccccc2)c1. The van der Waals surface area contributed by atoms with Crippen molar-refractivity contribution in [1.29, 1.82) is 0 Å². The minimum absolute atomic E-state index is 0.172. The summed E-state index contributed by atoms with van der Waals surface area (Å²) in [6.07, 6.45) is 1.24. The van der Waals surface area contributed by atoms with E-state index in [4.69, 9.17) is 4.74 Å². The Labute approximate surface area is 139 Å². The van der Waals surface area contributed by atoms with Gasteiger partial charge in [-0.2, -0.15) is 0 Å². The van der Waals surface area contributed by atoms with Crippen LogP contribution in [0.1, 0.15) is 5.56 Å². The van der Waals surface area contributed by atoms with Gasteiger partial charge < -0.3 is 15.0 Å². The fourth-order valence-electron chi connectivity index (χ4n) is 1.91. The lowest BCUT2D eigenvalue weighted by atomic mass is 10.2. The van der Waals surface area contributed by atoms with Crippen molar-refractivity contribution in [2.45, 2.75) is 6.54 Å². The van der Waals surface area contributed by atoms with Gasteiger partial charge in [0.1, 0.15) is 5.75 Å². The summed E-state index contributed by atoms with van der Waals surface area (Å²) in [4.78, 5) is 25.0. The standard InChI is InChI=1S/C17H18N2O3S/c1-19(12-13-7-4-3-5-8-13)17(21)22-15-10-6-9-14(11-15)18-16(20)23-2/h3-11H,12H2,1-2H3,(H,18,20). The summed E-state index contributed by atoms with van der Waals surface area (Å²) in [5, 5.41) is 2.52. The molecule has 2 amide bonds. The predicted octanol–water partition coefficient (Wildman–Crippen LogP) is 4.21.